The SMILES string of the molecule is O=C(Nc1ccc2c(c1)OCCO2)c1cccn(Cc2ccccc2F)c1=O. The average Bonchev–Trinajstić information content (AvgIpc) is 2.71. The number of nitrogens with zero attached hydrogens (tertiary/aromatic N) is 1. The number of pyridine rings is 1. The van der Waals surface area contributed by atoms with E-state index in [-0.39, 0.29) is 12.1 Å². The first-order chi connectivity index (χ1) is 13.6. The first kappa shape index (κ1) is 17.8. The molecule has 0 radical (unpaired) electrons. The van der Waals surface area contributed by atoms with Gasteiger partial charge >= 0.3 is 0 Å². The van der Waals surface area contributed by atoms with Gasteiger partial charge in [0.25, 0.3) is 11.5 Å². The molecule has 1 N–H and O–H groups in total. The lowest BCUT2D eigenvalue weighted by molar-refractivity contribution is 0.102. The fourth-order valence-corrected chi connectivity index (χ4v) is 2.96. The van der Waals surface area contributed by atoms with Gasteiger partial charge in [0.15, 0.2) is 11.5 Å². The molecule has 1 aliphatic heterocycles. The number of fused-ring (bicyclic) bond motifs is 1. The van der Waals surface area contributed by atoms with Crippen LogP contribution in [0.25, 0.3) is 0 Å². The average molecular weight is 380 g/mol. The molecule has 4 rings (SSSR count). The molecule has 1 amide bonds. The first-order valence-corrected chi connectivity index (χ1v) is 8.76. The number of aromatic nitrogens is 1. The van der Waals surface area contributed by atoms with Gasteiger partial charge in [-0.15, -0.1) is 0 Å². The number of nitrogens with one attached hydrogen (secondary N) is 1. The van der Waals surface area contributed by atoms with Crippen LogP contribution in [0.2, 0.25) is 0 Å². The van der Waals surface area contributed by atoms with Gasteiger partial charge in [-0.3, -0.25) is 9.59 Å². The third-order valence-corrected chi connectivity index (χ3v) is 4.36. The smallest absolute Gasteiger partial charge is 0.263 e. The minimum absolute atomic E-state index is 0.0336. The zero-order valence-corrected chi connectivity index (χ0v) is 14.9. The van der Waals surface area contributed by atoms with Crippen molar-refractivity contribution in [2.75, 3.05) is 18.5 Å². The van der Waals surface area contributed by atoms with Crippen LogP contribution in [0.5, 0.6) is 11.5 Å². The molecular formula is C21H17FN2O4. The van der Waals surface area contributed by atoms with Crippen LogP contribution in [-0.4, -0.2) is 23.7 Å². The van der Waals surface area contributed by atoms with Crippen LogP contribution in [0.4, 0.5) is 10.1 Å². The summed E-state index contributed by atoms with van der Waals surface area (Å²) in [7, 11) is 0. The van der Waals surface area contributed by atoms with Crippen molar-refractivity contribution >= 4 is 11.6 Å². The van der Waals surface area contributed by atoms with Crippen molar-refractivity contribution in [3.63, 3.8) is 0 Å². The molecule has 0 spiro atoms. The van der Waals surface area contributed by atoms with Gasteiger partial charge in [0.2, 0.25) is 0 Å². The number of ether oxygens (including phenoxy) is 2. The maximum absolute atomic E-state index is 13.9. The van der Waals surface area contributed by atoms with Gasteiger partial charge in [-0.2, -0.15) is 0 Å². The lowest BCUT2D eigenvalue weighted by atomic mass is 10.2. The highest BCUT2D eigenvalue weighted by Crippen LogP contribution is 2.32. The summed E-state index contributed by atoms with van der Waals surface area (Å²) in [5.41, 5.74) is 0.321. The summed E-state index contributed by atoms with van der Waals surface area (Å²) < 4.78 is 26.1. The summed E-state index contributed by atoms with van der Waals surface area (Å²) >= 11 is 0. The zero-order valence-electron chi connectivity index (χ0n) is 14.9. The van der Waals surface area contributed by atoms with E-state index in [9.17, 15) is 14.0 Å². The fourth-order valence-electron chi connectivity index (χ4n) is 2.96. The molecule has 1 aromatic heterocycles. The Morgan fingerprint density at radius 2 is 1.82 bits per heavy atom. The van der Waals surface area contributed by atoms with Crippen molar-refractivity contribution in [1.82, 2.24) is 4.57 Å². The third kappa shape index (κ3) is 3.59. The van der Waals surface area contributed by atoms with Crippen molar-refractivity contribution in [1.29, 1.82) is 0 Å². The first-order valence-electron chi connectivity index (χ1n) is 8.76. The molecule has 1 aliphatic rings. The number of rotatable bonds is 4. The Kier molecular flexibility index (Phi) is 4.80. The number of hydrogen-bond donors (Lipinski definition) is 1. The molecule has 0 atom stereocenters. The highest BCUT2D eigenvalue weighted by Gasteiger charge is 2.16. The van der Waals surface area contributed by atoms with E-state index in [1.54, 1.807) is 42.5 Å². The Bertz CT molecular complexity index is 1090. The Labute approximate surface area is 160 Å². The molecule has 0 saturated heterocycles. The predicted octanol–water partition coefficient (Wildman–Crippen LogP) is 3.06. The van der Waals surface area contributed by atoms with Crippen molar-refractivity contribution in [2.45, 2.75) is 6.54 Å². The van der Waals surface area contributed by atoms with Crippen molar-refractivity contribution in [2.24, 2.45) is 0 Å². The molecule has 0 aliphatic carbocycles. The highest BCUT2D eigenvalue weighted by atomic mass is 19.1. The molecule has 0 saturated carbocycles. The van der Waals surface area contributed by atoms with Gasteiger partial charge in [0.1, 0.15) is 24.6 Å². The summed E-state index contributed by atoms with van der Waals surface area (Å²) in [6, 6.07) is 14.3. The molecule has 3 aromatic rings. The topological polar surface area (TPSA) is 69.6 Å². The van der Waals surface area contributed by atoms with Gasteiger partial charge in [0, 0.05) is 23.5 Å². The van der Waals surface area contributed by atoms with E-state index in [0.29, 0.717) is 36.0 Å². The van der Waals surface area contributed by atoms with Crippen molar-refractivity contribution < 1.29 is 18.7 Å². The van der Waals surface area contributed by atoms with Crippen LogP contribution in [0.1, 0.15) is 15.9 Å². The van der Waals surface area contributed by atoms with Gasteiger partial charge < -0.3 is 19.4 Å². The molecule has 2 aromatic carbocycles. The molecule has 142 valence electrons. The van der Waals surface area contributed by atoms with Crippen LogP contribution < -0.4 is 20.3 Å². The van der Waals surface area contributed by atoms with Gasteiger partial charge in [-0.25, -0.2) is 4.39 Å². The van der Waals surface area contributed by atoms with Gasteiger partial charge in [-0.05, 0) is 30.3 Å². The quantitative estimate of drug-likeness (QED) is 0.755. The highest BCUT2D eigenvalue weighted by molar-refractivity contribution is 6.04. The van der Waals surface area contributed by atoms with E-state index >= 15 is 0 Å². The third-order valence-electron chi connectivity index (χ3n) is 4.36. The lowest BCUT2D eigenvalue weighted by Gasteiger charge is -2.19. The molecule has 6 nitrogen and oxygen atoms in total. The van der Waals surface area contributed by atoms with E-state index in [1.165, 1.54) is 22.9 Å². The number of carbonyl (C=O) groups excluding carboxylic acids is 1. The predicted molar refractivity (Wildman–Crippen MR) is 102 cm³/mol. The molecule has 7 heteroatoms. The summed E-state index contributed by atoms with van der Waals surface area (Å²) in [6.07, 6.45) is 1.52. The second-order valence-corrected chi connectivity index (χ2v) is 6.26. The van der Waals surface area contributed by atoms with Gasteiger partial charge in [0.05, 0.1) is 6.54 Å². The molecule has 0 fully saturated rings. The minimum atomic E-state index is -0.551. The largest absolute Gasteiger partial charge is 0.486 e. The molecule has 28 heavy (non-hydrogen) atoms. The monoisotopic (exact) mass is 380 g/mol. The molecular weight excluding hydrogens is 363 g/mol. The van der Waals surface area contributed by atoms with Crippen LogP contribution in [0.15, 0.2) is 65.6 Å². The van der Waals surface area contributed by atoms with E-state index in [0.717, 1.165) is 0 Å². The maximum atomic E-state index is 13.9. The Balaban J connectivity index is 1.57. The number of benzene rings is 2. The normalized spacial score (nSPS) is 12.5. The minimum Gasteiger partial charge on any atom is -0.486 e. The molecule has 0 unspecified atom stereocenters. The summed E-state index contributed by atoms with van der Waals surface area (Å²) in [5.74, 6) is 0.190. The second kappa shape index (κ2) is 7.56. The fraction of sp³-hybridized carbons (Fsp3) is 0.143. The van der Waals surface area contributed by atoms with E-state index < -0.39 is 17.3 Å². The zero-order chi connectivity index (χ0) is 19.5. The summed E-state index contributed by atoms with van der Waals surface area (Å²) in [6.45, 7) is 0.949. The Morgan fingerprint density at radius 1 is 1.04 bits per heavy atom. The van der Waals surface area contributed by atoms with Gasteiger partial charge in [-0.1, -0.05) is 18.2 Å². The van der Waals surface area contributed by atoms with E-state index in [2.05, 4.69) is 5.32 Å². The Hall–Kier alpha value is -3.61. The second-order valence-electron chi connectivity index (χ2n) is 6.26. The number of carbonyl (C=O) groups is 1. The van der Waals surface area contributed by atoms with Crippen LogP contribution >= 0.6 is 0 Å². The Morgan fingerprint density at radius 3 is 2.64 bits per heavy atom. The molecule has 0 bridgehead atoms. The number of amides is 1. The maximum Gasteiger partial charge on any atom is 0.263 e. The standard InChI is InChI=1S/C21H17FN2O4/c22-17-6-2-1-4-14(17)13-24-9-3-5-16(21(24)26)20(25)23-15-7-8-18-19(12-15)28-11-10-27-18/h1-9,12H,10-11,13H2,(H,23,25). The summed E-state index contributed by atoms with van der Waals surface area (Å²) in [5, 5.41) is 2.69. The lowest BCUT2D eigenvalue weighted by Crippen LogP contribution is -2.29. The van der Waals surface area contributed by atoms with Crippen LogP contribution in [0.3, 0.4) is 0 Å². The number of hydrogen-bond acceptors (Lipinski definition) is 4. The van der Waals surface area contributed by atoms with Crippen LogP contribution in [0, 0.1) is 5.82 Å². The van der Waals surface area contributed by atoms with Crippen LogP contribution in [-0.2, 0) is 6.54 Å². The van der Waals surface area contributed by atoms with Crippen molar-refractivity contribution in [3.05, 3.63) is 88.1 Å². The number of anilines is 1. The number of halogens is 1. The van der Waals surface area contributed by atoms with E-state index in [1.807, 2.05) is 0 Å². The van der Waals surface area contributed by atoms with E-state index in [4.69, 9.17) is 9.47 Å². The summed E-state index contributed by atoms with van der Waals surface area (Å²) in [4.78, 5) is 25.3. The van der Waals surface area contributed by atoms with Crippen molar-refractivity contribution in [3.8, 4) is 11.5 Å². The molecule has 2 heterocycles.